The van der Waals surface area contributed by atoms with E-state index in [-0.39, 0.29) is 6.04 Å². The highest BCUT2D eigenvalue weighted by Crippen LogP contribution is 2.16. The first-order chi connectivity index (χ1) is 5.84. The van der Waals surface area contributed by atoms with Crippen LogP contribution in [0.2, 0.25) is 0 Å². The Bertz CT molecular complexity index is 198. The molecule has 1 aromatic heterocycles. The lowest BCUT2D eigenvalue weighted by Gasteiger charge is -2.09. The van der Waals surface area contributed by atoms with E-state index in [1.807, 2.05) is 17.5 Å². The quantitative estimate of drug-likeness (QED) is 0.714. The highest BCUT2D eigenvalue weighted by molar-refractivity contribution is 7.10. The van der Waals surface area contributed by atoms with Crippen LogP contribution in [0.1, 0.15) is 24.3 Å². The molecule has 1 unspecified atom stereocenters. The molecule has 12 heavy (non-hydrogen) atoms. The van der Waals surface area contributed by atoms with Crippen molar-refractivity contribution < 1.29 is 4.74 Å². The molecule has 1 heterocycles. The van der Waals surface area contributed by atoms with E-state index in [1.165, 1.54) is 4.88 Å². The number of ether oxygens (including phenoxy) is 1. The third kappa shape index (κ3) is 2.93. The van der Waals surface area contributed by atoms with E-state index in [4.69, 9.17) is 10.5 Å². The maximum atomic E-state index is 5.87. The SMILES string of the molecule is CCCOCC(N)c1cccs1. The lowest BCUT2D eigenvalue weighted by atomic mass is 10.3. The molecule has 3 heteroatoms. The third-order valence-electron chi connectivity index (χ3n) is 1.55. The summed E-state index contributed by atoms with van der Waals surface area (Å²) in [5, 5.41) is 2.04. The molecule has 0 fully saturated rings. The van der Waals surface area contributed by atoms with Gasteiger partial charge < -0.3 is 10.5 Å². The number of rotatable bonds is 5. The predicted octanol–water partition coefficient (Wildman–Crippen LogP) is 2.17. The molecule has 0 saturated carbocycles. The van der Waals surface area contributed by atoms with Gasteiger partial charge in [0.25, 0.3) is 0 Å². The van der Waals surface area contributed by atoms with Gasteiger partial charge in [0, 0.05) is 11.5 Å². The van der Waals surface area contributed by atoms with Crippen LogP contribution < -0.4 is 5.73 Å². The Hall–Kier alpha value is -0.380. The van der Waals surface area contributed by atoms with Crippen LogP contribution in [-0.2, 0) is 4.74 Å². The van der Waals surface area contributed by atoms with Gasteiger partial charge in [-0.15, -0.1) is 11.3 Å². The predicted molar refractivity (Wildman–Crippen MR) is 52.4 cm³/mol. The zero-order valence-corrected chi connectivity index (χ0v) is 8.14. The molecule has 0 aromatic carbocycles. The summed E-state index contributed by atoms with van der Waals surface area (Å²) in [6.45, 7) is 3.53. The molecule has 1 aromatic rings. The van der Waals surface area contributed by atoms with Gasteiger partial charge in [0.05, 0.1) is 12.6 Å². The number of thiophene rings is 1. The van der Waals surface area contributed by atoms with Crippen LogP contribution >= 0.6 is 11.3 Å². The highest BCUT2D eigenvalue weighted by Gasteiger charge is 2.05. The zero-order valence-electron chi connectivity index (χ0n) is 7.32. The zero-order chi connectivity index (χ0) is 8.81. The van der Waals surface area contributed by atoms with Crippen LogP contribution in [0.25, 0.3) is 0 Å². The van der Waals surface area contributed by atoms with Crippen molar-refractivity contribution in [2.24, 2.45) is 5.73 Å². The molecule has 0 aliphatic carbocycles. The van der Waals surface area contributed by atoms with E-state index in [2.05, 4.69) is 6.92 Å². The Balaban J connectivity index is 2.25. The molecule has 0 aliphatic rings. The highest BCUT2D eigenvalue weighted by atomic mass is 32.1. The maximum absolute atomic E-state index is 5.87. The summed E-state index contributed by atoms with van der Waals surface area (Å²) < 4.78 is 5.35. The van der Waals surface area contributed by atoms with Crippen LogP contribution in [-0.4, -0.2) is 13.2 Å². The Kier molecular flexibility index (Phi) is 4.29. The molecule has 0 radical (unpaired) electrons. The van der Waals surface area contributed by atoms with Gasteiger partial charge >= 0.3 is 0 Å². The van der Waals surface area contributed by atoms with E-state index in [1.54, 1.807) is 11.3 Å². The smallest absolute Gasteiger partial charge is 0.0667 e. The second kappa shape index (κ2) is 5.30. The first kappa shape index (κ1) is 9.71. The summed E-state index contributed by atoms with van der Waals surface area (Å²) in [5.41, 5.74) is 5.87. The summed E-state index contributed by atoms with van der Waals surface area (Å²) in [4.78, 5) is 1.20. The lowest BCUT2D eigenvalue weighted by Crippen LogP contribution is -2.16. The van der Waals surface area contributed by atoms with E-state index in [0.717, 1.165) is 13.0 Å². The van der Waals surface area contributed by atoms with Gasteiger partial charge in [-0.05, 0) is 17.9 Å². The van der Waals surface area contributed by atoms with Crippen molar-refractivity contribution in [2.75, 3.05) is 13.2 Å². The van der Waals surface area contributed by atoms with Gasteiger partial charge in [0.1, 0.15) is 0 Å². The summed E-state index contributed by atoms with van der Waals surface area (Å²) in [6.07, 6.45) is 1.05. The minimum Gasteiger partial charge on any atom is -0.379 e. The first-order valence-electron chi connectivity index (χ1n) is 4.21. The van der Waals surface area contributed by atoms with E-state index < -0.39 is 0 Å². The molecule has 1 rings (SSSR count). The summed E-state index contributed by atoms with van der Waals surface area (Å²) in [7, 11) is 0. The molecule has 2 N–H and O–H groups in total. The van der Waals surface area contributed by atoms with Crippen molar-refractivity contribution in [3.05, 3.63) is 22.4 Å². The van der Waals surface area contributed by atoms with Gasteiger partial charge in [-0.2, -0.15) is 0 Å². The first-order valence-corrected chi connectivity index (χ1v) is 5.09. The van der Waals surface area contributed by atoms with Gasteiger partial charge in [0.15, 0.2) is 0 Å². The fraction of sp³-hybridized carbons (Fsp3) is 0.556. The minimum atomic E-state index is 0.0524. The van der Waals surface area contributed by atoms with Gasteiger partial charge in [-0.1, -0.05) is 13.0 Å². The lowest BCUT2D eigenvalue weighted by molar-refractivity contribution is 0.122. The molecule has 68 valence electrons. The molecule has 0 bridgehead atoms. The van der Waals surface area contributed by atoms with Crippen LogP contribution in [0.4, 0.5) is 0 Å². The molecule has 1 atom stereocenters. The van der Waals surface area contributed by atoms with Gasteiger partial charge in [-0.25, -0.2) is 0 Å². The Morgan fingerprint density at radius 1 is 1.67 bits per heavy atom. The van der Waals surface area contributed by atoms with E-state index >= 15 is 0 Å². The van der Waals surface area contributed by atoms with Crippen molar-refractivity contribution in [1.82, 2.24) is 0 Å². The molecule has 0 saturated heterocycles. The molecule has 0 spiro atoms. The Morgan fingerprint density at radius 2 is 2.50 bits per heavy atom. The molecule has 0 amide bonds. The van der Waals surface area contributed by atoms with Gasteiger partial charge in [-0.3, -0.25) is 0 Å². The van der Waals surface area contributed by atoms with Crippen molar-refractivity contribution in [1.29, 1.82) is 0 Å². The Morgan fingerprint density at radius 3 is 3.08 bits per heavy atom. The summed E-state index contributed by atoms with van der Waals surface area (Å²) >= 11 is 1.68. The standard InChI is InChI=1S/C9H15NOS/c1-2-5-11-7-8(10)9-4-3-6-12-9/h3-4,6,8H,2,5,7,10H2,1H3. The van der Waals surface area contributed by atoms with Gasteiger partial charge in [0.2, 0.25) is 0 Å². The van der Waals surface area contributed by atoms with Crippen molar-refractivity contribution in [3.63, 3.8) is 0 Å². The maximum Gasteiger partial charge on any atom is 0.0667 e. The van der Waals surface area contributed by atoms with Crippen molar-refractivity contribution >= 4 is 11.3 Å². The molecule has 2 nitrogen and oxygen atoms in total. The normalized spacial score (nSPS) is 13.2. The average Bonchev–Trinajstić information content (AvgIpc) is 2.56. The van der Waals surface area contributed by atoms with Crippen molar-refractivity contribution in [2.45, 2.75) is 19.4 Å². The fourth-order valence-corrected chi connectivity index (χ4v) is 1.65. The van der Waals surface area contributed by atoms with Crippen LogP contribution in [0.3, 0.4) is 0 Å². The second-order valence-electron chi connectivity index (χ2n) is 2.70. The van der Waals surface area contributed by atoms with E-state index in [9.17, 15) is 0 Å². The molecular formula is C9H15NOS. The summed E-state index contributed by atoms with van der Waals surface area (Å²) in [6, 6.07) is 4.11. The second-order valence-corrected chi connectivity index (χ2v) is 3.68. The number of nitrogens with two attached hydrogens (primary N) is 1. The average molecular weight is 185 g/mol. The van der Waals surface area contributed by atoms with E-state index in [0.29, 0.717) is 6.61 Å². The third-order valence-corrected chi connectivity index (χ3v) is 2.56. The van der Waals surface area contributed by atoms with Crippen LogP contribution in [0.5, 0.6) is 0 Å². The largest absolute Gasteiger partial charge is 0.379 e. The van der Waals surface area contributed by atoms with Crippen LogP contribution in [0, 0.1) is 0 Å². The minimum absolute atomic E-state index is 0.0524. The summed E-state index contributed by atoms with van der Waals surface area (Å²) in [5.74, 6) is 0. The number of hydrogen-bond acceptors (Lipinski definition) is 3. The van der Waals surface area contributed by atoms with Crippen LogP contribution in [0.15, 0.2) is 17.5 Å². The Labute approximate surface area is 77.3 Å². The monoisotopic (exact) mass is 185 g/mol. The van der Waals surface area contributed by atoms with Crippen molar-refractivity contribution in [3.8, 4) is 0 Å². The molecular weight excluding hydrogens is 170 g/mol. The topological polar surface area (TPSA) is 35.2 Å². The molecule has 0 aliphatic heterocycles. The number of hydrogen-bond donors (Lipinski definition) is 1. The fourth-order valence-electron chi connectivity index (χ4n) is 0.939.